The second-order valence-corrected chi connectivity index (χ2v) is 12.7. The Morgan fingerprint density at radius 1 is 1.05 bits per heavy atom. The lowest BCUT2D eigenvalue weighted by Gasteiger charge is -2.25. The van der Waals surface area contributed by atoms with E-state index in [0.29, 0.717) is 30.7 Å². The van der Waals surface area contributed by atoms with Crippen LogP contribution in [0.15, 0.2) is 59.5 Å². The number of carbonyl (C=O) groups excluding carboxylic acids is 2. The summed E-state index contributed by atoms with van der Waals surface area (Å²) in [4.78, 5) is 40.0. The van der Waals surface area contributed by atoms with E-state index in [1.807, 2.05) is 0 Å². The first-order valence-electron chi connectivity index (χ1n) is 14.1. The quantitative estimate of drug-likeness (QED) is 0.243. The van der Waals surface area contributed by atoms with E-state index in [2.05, 4.69) is 5.32 Å². The fraction of sp³-hybridized carbons (Fsp3) is 0.467. The molecule has 0 saturated carbocycles. The number of aliphatic carboxylic acids is 1. The van der Waals surface area contributed by atoms with Gasteiger partial charge in [-0.3, -0.25) is 9.59 Å². The van der Waals surface area contributed by atoms with Crippen molar-refractivity contribution < 1.29 is 27.9 Å². The van der Waals surface area contributed by atoms with Crippen molar-refractivity contribution in [2.75, 3.05) is 18.0 Å². The van der Waals surface area contributed by atoms with Gasteiger partial charge in [0.15, 0.2) is 0 Å². The minimum atomic E-state index is -3.90. The van der Waals surface area contributed by atoms with Gasteiger partial charge in [0.05, 0.1) is 4.90 Å². The zero-order chi connectivity index (χ0) is 29.6. The number of hydrogen-bond acceptors (Lipinski definition) is 6. The summed E-state index contributed by atoms with van der Waals surface area (Å²) in [6.07, 6.45) is 5.02. The molecule has 2 aliphatic rings. The first kappa shape index (κ1) is 30.4. The van der Waals surface area contributed by atoms with E-state index in [9.17, 15) is 27.9 Å². The fourth-order valence-corrected chi connectivity index (χ4v) is 7.25. The Morgan fingerprint density at radius 2 is 1.76 bits per heavy atom. The lowest BCUT2D eigenvalue weighted by molar-refractivity contribution is -0.142. The normalized spacial score (nSPS) is 20.2. The number of rotatable bonds is 13. The van der Waals surface area contributed by atoms with Gasteiger partial charge < -0.3 is 20.7 Å². The third kappa shape index (κ3) is 7.39. The molecule has 1 unspecified atom stereocenters. The van der Waals surface area contributed by atoms with Crippen LogP contribution in [-0.4, -0.2) is 66.5 Å². The third-order valence-electron chi connectivity index (χ3n) is 7.83. The summed E-state index contributed by atoms with van der Waals surface area (Å²) in [6, 6.07) is 12.8. The van der Waals surface area contributed by atoms with Crippen molar-refractivity contribution in [1.29, 1.82) is 5.41 Å². The van der Waals surface area contributed by atoms with Crippen molar-refractivity contribution in [3.63, 3.8) is 0 Å². The average Bonchev–Trinajstić information content (AvgIpc) is 3.59. The number of carboxylic acids is 1. The zero-order valence-corrected chi connectivity index (χ0v) is 24.1. The van der Waals surface area contributed by atoms with Gasteiger partial charge in [-0.05, 0) is 75.3 Å². The number of sulfonamides is 1. The lowest BCUT2D eigenvalue weighted by atomic mass is 9.99. The Balaban J connectivity index is 1.36. The number of carboxylic acid groups (broad SMARTS) is 1. The maximum absolute atomic E-state index is 13.1. The van der Waals surface area contributed by atoms with Gasteiger partial charge in [-0.25, -0.2) is 13.2 Å². The number of unbranched alkanes of at least 4 members (excludes halogenated alkanes) is 1. The summed E-state index contributed by atoms with van der Waals surface area (Å²) in [5, 5.41) is 19.9. The van der Waals surface area contributed by atoms with Crippen molar-refractivity contribution in [2.24, 2.45) is 5.92 Å². The van der Waals surface area contributed by atoms with E-state index in [1.165, 1.54) is 12.1 Å². The predicted molar refractivity (Wildman–Crippen MR) is 155 cm³/mol. The lowest BCUT2D eigenvalue weighted by Crippen LogP contribution is -2.51. The minimum absolute atomic E-state index is 0.0164. The van der Waals surface area contributed by atoms with Crippen molar-refractivity contribution in [2.45, 2.75) is 75.3 Å². The molecule has 220 valence electrons. The number of benzene rings is 2. The third-order valence-corrected chi connectivity index (χ3v) is 9.75. The second kappa shape index (κ2) is 13.4. The van der Waals surface area contributed by atoms with Crippen LogP contribution in [0.3, 0.4) is 0 Å². The van der Waals surface area contributed by atoms with Gasteiger partial charge in [-0.15, -0.1) is 0 Å². The number of nitrogens with one attached hydrogen (secondary N) is 2. The molecule has 2 heterocycles. The molecule has 0 spiro atoms. The smallest absolute Gasteiger partial charge is 0.326 e. The van der Waals surface area contributed by atoms with Crippen LogP contribution < -0.4 is 10.2 Å². The van der Waals surface area contributed by atoms with Crippen molar-refractivity contribution in [3.05, 3.63) is 60.2 Å². The molecule has 0 radical (unpaired) electrons. The Kier molecular flexibility index (Phi) is 9.93. The number of anilines is 1. The number of amides is 2. The van der Waals surface area contributed by atoms with Gasteiger partial charge in [-0.2, -0.15) is 4.31 Å². The average molecular weight is 583 g/mol. The van der Waals surface area contributed by atoms with Crippen LogP contribution in [0.4, 0.5) is 5.69 Å². The number of nitrogens with zero attached hydrogens (tertiary/aromatic N) is 2. The second-order valence-electron chi connectivity index (χ2n) is 10.9. The molecule has 2 fully saturated rings. The molecule has 2 amide bonds. The van der Waals surface area contributed by atoms with E-state index in [-0.39, 0.29) is 29.7 Å². The Labute approximate surface area is 241 Å². The monoisotopic (exact) mass is 582 g/mol. The summed E-state index contributed by atoms with van der Waals surface area (Å²) in [5.74, 6) is -1.77. The van der Waals surface area contributed by atoms with E-state index in [0.717, 1.165) is 42.1 Å². The molecule has 41 heavy (non-hydrogen) atoms. The Morgan fingerprint density at radius 3 is 2.41 bits per heavy atom. The molecule has 0 aromatic heterocycles. The van der Waals surface area contributed by atoms with Crippen molar-refractivity contribution in [3.8, 4) is 0 Å². The van der Waals surface area contributed by atoms with Crippen LogP contribution in [0.5, 0.6) is 0 Å². The summed E-state index contributed by atoms with van der Waals surface area (Å²) < 4.78 is 27.4. The van der Waals surface area contributed by atoms with Crippen LogP contribution in [-0.2, 0) is 30.8 Å². The van der Waals surface area contributed by atoms with Gasteiger partial charge in [0, 0.05) is 36.8 Å². The van der Waals surface area contributed by atoms with Crippen LogP contribution in [0, 0.1) is 11.3 Å². The first-order valence-corrected chi connectivity index (χ1v) is 15.6. The van der Waals surface area contributed by atoms with Crippen LogP contribution in [0.1, 0.15) is 57.4 Å². The molecular weight excluding hydrogens is 544 g/mol. The van der Waals surface area contributed by atoms with Gasteiger partial charge in [-0.1, -0.05) is 36.8 Å². The van der Waals surface area contributed by atoms with Crippen LogP contribution in [0.25, 0.3) is 0 Å². The van der Waals surface area contributed by atoms with Gasteiger partial charge >= 0.3 is 5.97 Å². The van der Waals surface area contributed by atoms with Crippen molar-refractivity contribution in [1.82, 2.24) is 9.62 Å². The predicted octanol–water partition coefficient (Wildman–Crippen LogP) is 3.60. The molecule has 10 nitrogen and oxygen atoms in total. The maximum atomic E-state index is 13.1. The Bertz CT molecular complexity index is 1360. The summed E-state index contributed by atoms with van der Waals surface area (Å²) in [7, 11) is -3.90. The van der Waals surface area contributed by atoms with E-state index in [1.54, 1.807) is 54.3 Å². The molecule has 2 aliphatic heterocycles. The highest BCUT2D eigenvalue weighted by atomic mass is 32.2. The Hall–Kier alpha value is -3.57. The van der Waals surface area contributed by atoms with Gasteiger partial charge in [0.25, 0.3) is 0 Å². The highest BCUT2D eigenvalue weighted by Crippen LogP contribution is 2.29. The molecule has 2 saturated heterocycles. The molecule has 2 aromatic rings. The van der Waals surface area contributed by atoms with E-state index >= 15 is 0 Å². The topological polar surface area (TPSA) is 148 Å². The molecular formula is C30H38N4O6S. The van der Waals surface area contributed by atoms with E-state index in [4.69, 9.17) is 5.41 Å². The van der Waals surface area contributed by atoms with Crippen LogP contribution >= 0.6 is 0 Å². The number of hydrogen-bond donors (Lipinski definition) is 3. The standard InChI is InChI=1S/C30H38N4O6S/c1-21(31)8-5-6-9-23-17-19-33(29(23)36)24-15-13-22(14-16-24)20-26(30(37)38)32-28(35)27-12-7-18-34(27)41(39,40)25-10-3-2-4-11-25/h2-4,10-11,13-16,23,26-27,31H,5-9,12,17-20H2,1H3,(H,32,35)(H,37,38)/t23?,26-,27-/m0/s1. The highest BCUT2D eigenvalue weighted by molar-refractivity contribution is 7.89. The molecule has 4 rings (SSSR count). The molecule has 0 bridgehead atoms. The van der Waals surface area contributed by atoms with E-state index < -0.39 is 34.0 Å². The first-order chi connectivity index (χ1) is 19.6. The SMILES string of the molecule is CC(=N)CCCCC1CCN(c2ccc(C[C@H](NC(=O)[C@@H]3CCCN3S(=O)(=O)c3ccccc3)C(=O)O)cc2)C1=O. The van der Waals surface area contributed by atoms with Gasteiger partial charge in [0.1, 0.15) is 12.1 Å². The molecule has 0 aliphatic carbocycles. The summed E-state index contributed by atoms with van der Waals surface area (Å²) >= 11 is 0. The summed E-state index contributed by atoms with van der Waals surface area (Å²) in [6.45, 7) is 2.61. The zero-order valence-electron chi connectivity index (χ0n) is 23.3. The molecule has 3 N–H and O–H groups in total. The van der Waals surface area contributed by atoms with Crippen LogP contribution in [0.2, 0.25) is 0 Å². The highest BCUT2D eigenvalue weighted by Gasteiger charge is 2.40. The summed E-state index contributed by atoms with van der Waals surface area (Å²) in [5.41, 5.74) is 2.08. The molecule has 11 heteroatoms. The molecule has 2 aromatic carbocycles. The maximum Gasteiger partial charge on any atom is 0.326 e. The minimum Gasteiger partial charge on any atom is -0.480 e. The van der Waals surface area contributed by atoms with Gasteiger partial charge in [0.2, 0.25) is 21.8 Å². The molecule has 3 atom stereocenters. The fourth-order valence-electron chi connectivity index (χ4n) is 5.58. The van der Waals surface area contributed by atoms with Crippen molar-refractivity contribution >= 4 is 39.2 Å². The largest absolute Gasteiger partial charge is 0.480 e. The number of carbonyl (C=O) groups is 3.